The molecule has 0 amide bonds. The molecule has 0 bridgehead atoms. The minimum atomic E-state index is -0.347. The van der Waals surface area contributed by atoms with Gasteiger partial charge in [-0.3, -0.25) is 9.59 Å². The molecule has 1 aromatic heterocycles. The molecule has 1 aliphatic rings. The molecule has 0 radical (unpaired) electrons. The van der Waals surface area contributed by atoms with E-state index in [1.54, 1.807) is 6.92 Å². The minimum absolute atomic E-state index is 0.0764. The van der Waals surface area contributed by atoms with E-state index in [2.05, 4.69) is 15.0 Å². The van der Waals surface area contributed by atoms with Gasteiger partial charge in [-0.1, -0.05) is 0 Å². The van der Waals surface area contributed by atoms with Gasteiger partial charge in [0.25, 0.3) is 0 Å². The van der Waals surface area contributed by atoms with Crippen LogP contribution in [0.4, 0.5) is 5.13 Å². The fraction of sp³-hybridized carbons (Fsp3) is 0.615. The number of hydrogen-bond donors (Lipinski definition) is 1. The molecular weight excluding hydrogens is 280 g/mol. The first-order chi connectivity index (χ1) is 9.65. The molecule has 1 N–H and O–H groups in total. The molecule has 1 atom stereocenters. The molecule has 1 aliphatic carbocycles. The third-order valence-corrected chi connectivity index (χ3v) is 4.23. The summed E-state index contributed by atoms with van der Waals surface area (Å²) in [6, 6.07) is 0. The largest absolute Gasteiger partial charge is 0.468 e. The number of carbonyl (C=O) groups is 2. The SMILES string of the molecule is CCOC(=O)C1CCCc2sc(NCC(=O)OC)nc21. The number of ether oxygens (including phenoxy) is 2. The number of anilines is 1. The highest BCUT2D eigenvalue weighted by molar-refractivity contribution is 7.15. The Balaban J connectivity index is 2.10. The first-order valence-corrected chi connectivity index (χ1v) is 7.44. The minimum Gasteiger partial charge on any atom is -0.468 e. The summed E-state index contributed by atoms with van der Waals surface area (Å²) in [5, 5.41) is 3.57. The van der Waals surface area contributed by atoms with E-state index < -0.39 is 0 Å². The van der Waals surface area contributed by atoms with Crippen molar-refractivity contribution in [3.63, 3.8) is 0 Å². The second-order valence-electron chi connectivity index (χ2n) is 4.45. The fourth-order valence-corrected chi connectivity index (χ4v) is 3.25. The topological polar surface area (TPSA) is 77.5 Å². The summed E-state index contributed by atoms with van der Waals surface area (Å²) in [4.78, 5) is 28.6. The molecule has 7 heteroatoms. The van der Waals surface area contributed by atoms with Crippen LogP contribution in [0, 0.1) is 0 Å². The van der Waals surface area contributed by atoms with Gasteiger partial charge in [-0.05, 0) is 26.2 Å². The molecule has 1 aromatic rings. The lowest BCUT2D eigenvalue weighted by Crippen LogP contribution is -2.20. The Bertz CT molecular complexity index is 501. The van der Waals surface area contributed by atoms with Gasteiger partial charge in [-0.15, -0.1) is 11.3 Å². The van der Waals surface area contributed by atoms with Crippen LogP contribution in [0.15, 0.2) is 0 Å². The van der Waals surface area contributed by atoms with Crippen LogP contribution < -0.4 is 5.32 Å². The Labute approximate surface area is 121 Å². The first-order valence-electron chi connectivity index (χ1n) is 6.62. The molecule has 6 nitrogen and oxygen atoms in total. The number of hydrogen-bond acceptors (Lipinski definition) is 7. The van der Waals surface area contributed by atoms with Crippen molar-refractivity contribution < 1.29 is 19.1 Å². The summed E-state index contributed by atoms with van der Waals surface area (Å²) >= 11 is 1.49. The van der Waals surface area contributed by atoms with Crippen LogP contribution >= 0.6 is 11.3 Å². The average molecular weight is 298 g/mol. The lowest BCUT2D eigenvalue weighted by molar-refractivity contribution is -0.145. The van der Waals surface area contributed by atoms with Crippen LogP contribution in [0.1, 0.15) is 36.3 Å². The van der Waals surface area contributed by atoms with Crippen LogP contribution in [0.2, 0.25) is 0 Å². The van der Waals surface area contributed by atoms with Gasteiger partial charge in [0.1, 0.15) is 12.5 Å². The van der Waals surface area contributed by atoms with E-state index >= 15 is 0 Å². The zero-order valence-electron chi connectivity index (χ0n) is 11.6. The Morgan fingerprint density at radius 3 is 3.00 bits per heavy atom. The predicted octanol–water partition coefficient (Wildman–Crippen LogP) is 1.71. The summed E-state index contributed by atoms with van der Waals surface area (Å²) < 4.78 is 9.66. The van der Waals surface area contributed by atoms with Crippen molar-refractivity contribution in [2.75, 3.05) is 25.6 Å². The number of carbonyl (C=O) groups excluding carboxylic acids is 2. The van der Waals surface area contributed by atoms with E-state index in [9.17, 15) is 9.59 Å². The van der Waals surface area contributed by atoms with Gasteiger partial charge >= 0.3 is 11.9 Å². The van der Waals surface area contributed by atoms with Gasteiger partial charge in [0, 0.05) is 4.88 Å². The number of rotatable bonds is 5. The monoisotopic (exact) mass is 298 g/mol. The average Bonchev–Trinajstić information content (AvgIpc) is 2.87. The number of aromatic nitrogens is 1. The van der Waals surface area contributed by atoms with Crippen LogP contribution in [0.25, 0.3) is 0 Å². The van der Waals surface area contributed by atoms with E-state index in [-0.39, 0.29) is 24.4 Å². The van der Waals surface area contributed by atoms with Crippen LogP contribution in [0.3, 0.4) is 0 Å². The molecule has 1 unspecified atom stereocenters. The predicted molar refractivity (Wildman–Crippen MR) is 74.9 cm³/mol. The molecular formula is C13H18N2O4S. The molecule has 0 saturated heterocycles. The zero-order chi connectivity index (χ0) is 14.5. The van der Waals surface area contributed by atoms with Gasteiger partial charge in [-0.2, -0.15) is 0 Å². The van der Waals surface area contributed by atoms with Crippen molar-refractivity contribution in [3.05, 3.63) is 10.6 Å². The van der Waals surface area contributed by atoms with Gasteiger partial charge in [0.2, 0.25) is 0 Å². The number of nitrogens with zero attached hydrogens (tertiary/aromatic N) is 1. The molecule has 0 fully saturated rings. The molecule has 20 heavy (non-hydrogen) atoms. The van der Waals surface area contributed by atoms with Gasteiger partial charge in [0.15, 0.2) is 5.13 Å². The number of nitrogens with one attached hydrogen (secondary N) is 1. The molecule has 0 saturated carbocycles. The number of aryl methyl sites for hydroxylation is 1. The van der Waals surface area contributed by atoms with Crippen molar-refractivity contribution in [1.29, 1.82) is 0 Å². The summed E-state index contributed by atoms with van der Waals surface area (Å²) in [6.07, 6.45) is 2.64. The maximum Gasteiger partial charge on any atom is 0.325 e. The number of esters is 2. The number of thiazole rings is 1. The Hall–Kier alpha value is -1.63. The fourth-order valence-electron chi connectivity index (χ4n) is 2.19. The first kappa shape index (κ1) is 14.8. The van der Waals surface area contributed by atoms with E-state index in [0.29, 0.717) is 11.7 Å². The smallest absolute Gasteiger partial charge is 0.325 e. The lowest BCUT2D eigenvalue weighted by atomic mass is 9.91. The molecule has 2 rings (SSSR count). The normalized spacial score (nSPS) is 17.2. The number of methoxy groups -OCH3 is 1. The second kappa shape index (κ2) is 6.69. The van der Waals surface area contributed by atoms with E-state index in [4.69, 9.17) is 4.74 Å². The maximum atomic E-state index is 11.9. The Morgan fingerprint density at radius 1 is 1.50 bits per heavy atom. The van der Waals surface area contributed by atoms with Crippen molar-refractivity contribution in [2.24, 2.45) is 0 Å². The van der Waals surface area contributed by atoms with Crippen molar-refractivity contribution >= 4 is 28.4 Å². The molecule has 0 aromatic carbocycles. The lowest BCUT2D eigenvalue weighted by Gasteiger charge is -2.19. The third kappa shape index (κ3) is 3.27. The standard InChI is InChI=1S/C13H18N2O4S/c1-3-19-12(17)8-5-4-6-9-11(8)15-13(20-9)14-7-10(16)18-2/h8H,3-7H2,1-2H3,(H,14,15). The highest BCUT2D eigenvalue weighted by Gasteiger charge is 2.31. The summed E-state index contributed by atoms with van der Waals surface area (Å²) in [7, 11) is 1.34. The summed E-state index contributed by atoms with van der Waals surface area (Å²) in [6.45, 7) is 2.25. The van der Waals surface area contributed by atoms with Crippen molar-refractivity contribution in [3.8, 4) is 0 Å². The van der Waals surface area contributed by atoms with E-state index in [1.807, 2.05) is 0 Å². The van der Waals surface area contributed by atoms with Gasteiger partial charge in [-0.25, -0.2) is 4.98 Å². The molecule has 0 spiro atoms. The molecule has 110 valence electrons. The zero-order valence-corrected chi connectivity index (χ0v) is 12.4. The highest BCUT2D eigenvalue weighted by Crippen LogP contribution is 2.37. The number of fused-ring (bicyclic) bond motifs is 1. The van der Waals surface area contributed by atoms with E-state index in [1.165, 1.54) is 18.4 Å². The quantitative estimate of drug-likeness (QED) is 0.834. The third-order valence-electron chi connectivity index (χ3n) is 3.14. The van der Waals surface area contributed by atoms with Crippen molar-refractivity contribution in [1.82, 2.24) is 4.98 Å². The van der Waals surface area contributed by atoms with Gasteiger partial charge in [0.05, 0.1) is 19.4 Å². The van der Waals surface area contributed by atoms with E-state index in [0.717, 1.165) is 29.8 Å². The van der Waals surface area contributed by atoms with Gasteiger partial charge < -0.3 is 14.8 Å². The van der Waals surface area contributed by atoms with Crippen LogP contribution in [-0.4, -0.2) is 37.2 Å². The summed E-state index contributed by atoms with van der Waals surface area (Å²) in [5.74, 6) is -0.831. The van der Waals surface area contributed by atoms with Crippen LogP contribution in [-0.2, 0) is 25.5 Å². The molecule has 0 aliphatic heterocycles. The maximum absolute atomic E-state index is 11.9. The van der Waals surface area contributed by atoms with Crippen LogP contribution in [0.5, 0.6) is 0 Å². The Kier molecular flexibility index (Phi) is 4.94. The molecule has 1 heterocycles. The second-order valence-corrected chi connectivity index (χ2v) is 5.54. The summed E-state index contributed by atoms with van der Waals surface area (Å²) in [5.41, 5.74) is 0.798. The highest BCUT2D eigenvalue weighted by atomic mass is 32.1. The van der Waals surface area contributed by atoms with Crippen molar-refractivity contribution in [2.45, 2.75) is 32.1 Å². The Morgan fingerprint density at radius 2 is 2.30 bits per heavy atom.